The maximum Gasteiger partial charge on any atom is 0.244 e. The Bertz CT molecular complexity index is 516. The lowest BCUT2D eigenvalue weighted by molar-refractivity contribution is -0.133. The van der Waals surface area contributed by atoms with Gasteiger partial charge in [-0.25, -0.2) is 0 Å². The van der Waals surface area contributed by atoms with Gasteiger partial charge in [0.05, 0.1) is 0 Å². The molecular formula is C18H27N3O. The quantitative estimate of drug-likeness (QED) is 0.931. The second kappa shape index (κ2) is 6.39. The van der Waals surface area contributed by atoms with E-state index in [4.69, 9.17) is 5.73 Å². The molecule has 2 heterocycles. The lowest BCUT2D eigenvalue weighted by atomic mass is 10.0. The van der Waals surface area contributed by atoms with Gasteiger partial charge in [0, 0.05) is 31.2 Å². The number of hydrogen-bond acceptors (Lipinski definition) is 3. The van der Waals surface area contributed by atoms with Crippen molar-refractivity contribution in [1.29, 1.82) is 0 Å². The van der Waals surface area contributed by atoms with Crippen molar-refractivity contribution in [3.63, 3.8) is 0 Å². The molecule has 4 nitrogen and oxygen atoms in total. The molecule has 0 aromatic heterocycles. The summed E-state index contributed by atoms with van der Waals surface area (Å²) in [4.78, 5) is 17.4. The highest BCUT2D eigenvalue weighted by Gasteiger charge is 2.40. The molecule has 2 N–H and O–H groups in total. The van der Waals surface area contributed by atoms with Gasteiger partial charge in [-0.1, -0.05) is 30.3 Å². The minimum Gasteiger partial charge on any atom is -0.339 e. The number of hydrogen-bond donors (Lipinski definition) is 1. The van der Waals surface area contributed by atoms with Crippen LogP contribution >= 0.6 is 0 Å². The zero-order valence-corrected chi connectivity index (χ0v) is 13.6. The van der Waals surface area contributed by atoms with Crippen molar-refractivity contribution >= 4 is 5.91 Å². The van der Waals surface area contributed by atoms with Crippen molar-refractivity contribution in [1.82, 2.24) is 9.80 Å². The summed E-state index contributed by atoms with van der Waals surface area (Å²) in [6.07, 6.45) is 3.55. The molecule has 2 aliphatic rings. The highest BCUT2D eigenvalue weighted by molar-refractivity contribution is 5.83. The first kappa shape index (κ1) is 15.5. The molecule has 1 amide bonds. The van der Waals surface area contributed by atoms with Crippen LogP contribution < -0.4 is 5.73 Å². The second-order valence-corrected chi connectivity index (χ2v) is 6.89. The summed E-state index contributed by atoms with van der Waals surface area (Å²) in [5.41, 5.74) is 7.11. The van der Waals surface area contributed by atoms with Crippen LogP contribution in [-0.4, -0.2) is 46.9 Å². The summed E-state index contributed by atoms with van der Waals surface area (Å²) in [7, 11) is 0. The number of nitrogens with zero attached hydrogens (tertiary/aromatic N) is 2. The Morgan fingerprint density at radius 2 is 1.82 bits per heavy atom. The van der Waals surface area contributed by atoms with E-state index in [2.05, 4.69) is 18.7 Å². The molecule has 0 unspecified atom stereocenters. The zero-order chi connectivity index (χ0) is 15.7. The Morgan fingerprint density at radius 1 is 1.14 bits per heavy atom. The highest BCUT2D eigenvalue weighted by Crippen LogP contribution is 2.32. The van der Waals surface area contributed by atoms with Gasteiger partial charge in [-0.2, -0.15) is 0 Å². The lowest BCUT2D eigenvalue weighted by Crippen LogP contribution is -2.46. The SMILES string of the molecule is CC(C)N1[C@H]2CC[C@H]1CN(C(=O)[C@@H](N)c1ccccc1)CC2. The number of nitrogens with two attached hydrogens (primary N) is 1. The van der Waals surface area contributed by atoms with Crippen LogP contribution in [0.3, 0.4) is 0 Å². The largest absolute Gasteiger partial charge is 0.339 e. The van der Waals surface area contributed by atoms with Crippen molar-refractivity contribution in [2.24, 2.45) is 5.73 Å². The molecule has 22 heavy (non-hydrogen) atoms. The van der Waals surface area contributed by atoms with Gasteiger partial charge < -0.3 is 10.6 Å². The number of carbonyl (C=O) groups excluding carboxylic acids is 1. The van der Waals surface area contributed by atoms with Crippen LogP contribution in [0.4, 0.5) is 0 Å². The van der Waals surface area contributed by atoms with Crippen LogP contribution in [0, 0.1) is 0 Å². The molecule has 120 valence electrons. The molecule has 1 aromatic carbocycles. The maximum absolute atomic E-state index is 12.8. The van der Waals surface area contributed by atoms with Crippen molar-refractivity contribution in [3.8, 4) is 0 Å². The summed E-state index contributed by atoms with van der Waals surface area (Å²) in [6.45, 7) is 6.19. The van der Waals surface area contributed by atoms with Crippen LogP contribution in [-0.2, 0) is 4.79 Å². The van der Waals surface area contributed by atoms with Crippen molar-refractivity contribution in [2.45, 2.75) is 57.3 Å². The van der Waals surface area contributed by atoms with Gasteiger partial charge in [0.2, 0.25) is 5.91 Å². The summed E-state index contributed by atoms with van der Waals surface area (Å²) >= 11 is 0. The third kappa shape index (κ3) is 2.90. The molecule has 2 aliphatic heterocycles. The molecule has 2 bridgehead atoms. The predicted molar refractivity (Wildman–Crippen MR) is 88.4 cm³/mol. The number of amides is 1. The fourth-order valence-corrected chi connectivity index (χ4v) is 4.15. The molecule has 1 aromatic rings. The van der Waals surface area contributed by atoms with E-state index in [1.54, 1.807) is 0 Å². The van der Waals surface area contributed by atoms with E-state index in [0.29, 0.717) is 18.1 Å². The van der Waals surface area contributed by atoms with E-state index in [1.807, 2.05) is 35.2 Å². The van der Waals surface area contributed by atoms with Crippen LogP contribution in [0.15, 0.2) is 30.3 Å². The first-order valence-corrected chi connectivity index (χ1v) is 8.44. The van der Waals surface area contributed by atoms with Gasteiger partial charge in [0.15, 0.2) is 0 Å². The Hall–Kier alpha value is -1.39. The average molecular weight is 301 g/mol. The Morgan fingerprint density at radius 3 is 2.50 bits per heavy atom. The van der Waals surface area contributed by atoms with Crippen molar-refractivity contribution < 1.29 is 4.79 Å². The number of benzene rings is 1. The smallest absolute Gasteiger partial charge is 0.244 e. The summed E-state index contributed by atoms with van der Waals surface area (Å²) in [5, 5.41) is 0. The number of rotatable bonds is 3. The molecule has 2 saturated heterocycles. The first-order valence-electron chi connectivity index (χ1n) is 8.44. The molecule has 3 atom stereocenters. The van der Waals surface area contributed by atoms with Crippen molar-refractivity contribution in [2.75, 3.05) is 13.1 Å². The number of fused-ring (bicyclic) bond motifs is 2. The Balaban J connectivity index is 1.72. The predicted octanol–water partition coefficient (Wildman–Crippen LogP) is 2.16. The Kier molecular flexibility index (Phi) is 4.50. The van der Waals surface area contributed by atoms with E-state index in [-0.39, 0.29) is 5.91 Å². The second-order valence-electron chi connectivity index (χ2n) is 6.89. The monoisotopic (exact) mass is 301 g/mol. The average Bonchev–Trinajstić information content (AvgIpc) is 2.81. The van der Waals surface area contributed by atoms with Gasteiger partial charge in [-0.3, -0.25) is 9.69 Å². The van der Waals surface area contributed by atoms with E-state index in [1.165, 1.54) is 12.8 Å². The molecule has 0 radical (unpaired) electrons. The molecule has 0 saturated carbocycles. The van der Waals surface area contributed by atoms with E-state index in [9.17, 15) is 4.79 Å². The molecule has 3 rings (SSSR count). The van der Waals surface area contributed by atoms with Gasteiger partial charge in [0.25, 0.3) is 0 Å². The van der Waals surface area contributed by atoms with Crippen molar-refractivity contribution in [3.05, 3.63) is 35.9 Å². The molecule has 0 spiro atoms. The molecule has 4 heteroatoms. The van der Waals surface area contributed by atoms with Crippen LogP contribution in [0.1, 0.15) is 44.7 Å². The summed E-state index contributed by atoms with van der Waals surface area (Å²) in [5.74, 6) is 0.0717. The first-order chi connectivity index (χ1) is 10.6. The third-order valence-corrected chi connectivity index (χ3v) is 5.17. The highest BCUT2D eigenvalue weighted by atomic mass is 16.2. The number of likely N-dealkylation sites (tertiary alicyclic amines) is 1. The van der Waals surface area contributed by atoms with Crippen LogP contribution in [0.2, 0.25) is 0 Å². The topological polar surface area (TPSA) is 49.6 Å². The lowest BCUT2D eigenvalue weighted by Gasteiger charge is -2.32. The molecular weight excluding hydrogens is 274 g/mol. The summed E-state index contributed by atoms with van der Waals surface area (Å²) < 4.78 is 0. The normalized spacial score (nSPS) is 27.0. The van der Waals surface area contributed by atoms with E-state index >= 15 is 0 Å². The minimum atomic E-state index is -0.537. The maximum atomic E-state index is 12.8. The molecule has 0 aliphatic carbocycles. The fraction of sp³-hybridized carbons (Fsp3) is 0.611. The van der Waals surface area contributed by atoms with E-state index in [0.717, 1.165) is 25.1 Å². The third-order valence-electron chi connectivity index (χ3n) is 5.17. The van der Waals surface area contributed by atoms with Crippen LogP contribution in [0.25, 0.3) is 0 Å². The van der Waals surface area contributed by atoms with Gasteiger partial charge in [0.1, 0.15) is 6.04 Å². The number of carbonyl (C=O) groups is 1. The minimum absolute atomic E-state index is 0.0717. The van der Waals surface area contributed by atoms with Gasteiger partial charge in [-0.05, 0) is 38.7 Å². The molecule has 2 fully saturated rings. The van der Waals surface area contributed by atoms with Crippen LogP contribution in [0.5, 0.6) is 0 Å². The fourth-order valence-electron chi connectivity index (χ4n) is 4.15. The van der Waals surface area contributed by atoms with Gasteiger partial charge in [-0.15, -0.1) is 0 Å². The van der Waals surface area contributed by atoms with E-state index < -0.39 is 6.04 Å². The standard InChI is InChI=1S/C18H27N3O/c1-13(2)21-15-8-9-16(21)12-20(11-10-15)18(22)17(19)14-6-4-3-5-7-14/h3-7,13,15-17H,8-12,19H2,1-2H3/t15-,16-,17-/m0/s1. The zero-order valence-electron chi connectivity index (χ0n) is 13.6. The van der Waals surface area contributed by atoms with Gasteiger partial charge >= 0.3 is 0 Å². The Labute approximate surface area is 133 Å². The summed E-state index contributed by atoms with van der Waals surface area (Å²) in [6, 6.07) is 10.9.